The number of carbonyl (C=O) groups is 1. The molecule has 0 radical (unpaired) electrons. The van der Waals surface area contributed by atoms with Crippen molar-refractivity contribution in [2.24, 2.45) is 0 Å². The Hall–Kier alpha value is -2.33. The topological polar surface area (TPSA) is 38.8 Å². The van der Waals surface area contributed by atoms with Crippen molar-refractivity contribution < 1.29 is 14.3 Å². The fourth-order valence-electron chi connectivity index (χ4n) is 2.21. The SMILES string of the molecule is CCOc1ccc(C(=O)OCCN(C)Cc2ccccc2)cc1. The summed E-state index contributed by atoms with van der Waals surface area (Å²) in [6, 6.07) is 17.2. The van der Waals surface area contributed by atoms with Crippen LogP contribution >= 0.6 is 0 Å². The van der Waals surface area contributed by atoms with Crippen molar-refractivity contribution in [2.75, 3.05) is 26.8 Å². The number of esters is 1. The molecule has 0 spiro atoms. The predicted molar refractivity (Wildman–Crippen MR) is 90.7 cm³/mol. The second-order valence-electron chi connectivity index (χ2n) is 5.32. The quantitative estimate of drug-likeness (QED) is 0.700. The van der Waals surface area contributed by atoms with Gasteiger partial charge in [0.05, 0.1) is 12.2 Å². The van der Waals surface area contributed by atoms with E-state index in [2.05, 4.69) is 17.0 Å². The van der Waals surface area contributed by atoms with Crippen molar-refractivity contribution >= 4 is 5.97 Å². The summed E-state index contributed by atoms with van der Waals surface area (Å²) in [5.41, 5.74) is 1.78. The smallest absolute Gasteiger partial charge is 0.338 e. The molecule has 23 heavy (non-hydrogen) atoms. The van der Waals surface area contributed by atoms with E-state index >= 15 is 0 Å². The van der Waals surface area contributed by atoms with Crippen molar-refractivity contribution in [1.82, 2.24) is 4.90 Å². The van der Waals surface area contributed by atoms with Gasteiger partial charge in [0.15, 0.2) is 0 Å². The Morgan fingerprint density at radius 2 is 1.74 bits per heavy atom. The zero-order chi connectivity index (χ0) is 16.5. The Balaban J connectivity index is 1.73. The molecule has 0 bridgehead atoms. The average Bonchev–Trinajstić information content (AvgIpc) is 2.56. The Bertz CT molecular complexity index is 596. The van der Waals surface area contributed by atoms with Crippen LogP contribution in [0.3, 0.4) is 0 Å². The largest absolute Gasteiger partial charge is 0.494 e. The minimum absolute atomic E-state index is 0.304. The molecule has 0 amide bonds. The van der Waals surface area contributed by atoms with Crippen LogP contribution < -0.4 is 4.74 Å². The van der Waals surface area contributed by atoms with Crippen LogP contribution in [0.4, 0.5) is 0 Å². The monoisotopic (exact) mass is 313 g/mol. The first-order valence-corrected chi connectivity index (χ1v) is 7.81. The number of nitrogens with zero attached hydrogens (tertiary/aromatic N) is 1. The molecule has 0 heterocycles. The van der Waals surface area contributed by atoms with E-state index in [9.17, 15) is 4.79 Å². The molecule has 0 aliphatic carbocycles. The van der Waals surface area contributed by atoms with Crippen LogP contribution in [-0.4, -0.2) is 37.7 Å². The van der Waals surface area contributed by atoms with Crippen molar-refractivity contribution in [3.8, 4) is 5.75 Å². The number of hydrogen-bond acceptors (Lipinski definition) is 4. The highest BCUT2D eigenvalue weighted by atomic mass is 16.5. The molecule has 0 saturated heterocycles. The third-order valence-corrected chi connectivity index (χ3v) is 3.40. The molecule has 4 heteroatoms. The number of rotatable bonds is 8. The van der Waals surface area contributed by atoms with Crippen LogP contribution in [0.2, 0.25) is 0 Å². The summed E-state index contributed by atoms with van der Waals surface area (Å²) in [6.07, 6.45) is 0. The summed E-state index contributed by atoms with van der Waals surface area (Å²) in [5, 5.41) is 0. The van der Waals surface area contributed by atoms with Crippen LogP contribution in [0.5, 0.6) is 5.75 Å². The van der Waals surface area contributed by atoms with Crippen LogP contribution in [0, 0.1) is 0 Å². The van der Waals surface area contributed by atoms with Crippen molar-refractivity contribution in [3.63, 3.8) is 0 Å². The van der Waals surface area contributed by atoms with Crippen LogP contribution in [0.15, 0.2) is 54.6 Å². The van der Waals surface area contributed by atoms with Gasteiger partial charge in [0.1, 0.15) is 12.4 Å². The molecule has 0 aliphatic rings. The normalized spacial score (nSPS) is 10.6. The first-order chi connectivity index (χ1) is 11.2. The molecular formula is C19H23NO3. The van der Waals surface area contributed by atoms with Gasteiger partial charge in [0.2, 0.25) is 0 Å². The number of likely N-dealkylation sites (N-methyl/N-ethyl adjacent to an activating group) is 1. The van der Waals surface area contributed by atoms with E-state index in [0.717, 1.165) is 12.3 Å². The van der Waals surface area contributed by atoms with Gasteiger partial charge in [-0.1, -0.05) is 30.3 Å². The van der Waals surface area contributed by atoms with Gasteiger partial charge in [-0.25, -0.2) is 4.79 Å². The lowest BCUT2D eigenvalue weighted by Gasteiger charge is -2.16. The van der Waals surface area contributed by atoms with E-state index in [1.54, 1.807) is 24.3 Å². The number of hydrogen-bond donors (Lipinski definition) is 0. The fraction of sp³-hybridized carbons (Fsp3) is 0.316. The molecule has 0 saturated carbocycles. The summed E-state index contributed by atoms with van der Waals surface area (Å²) in [6.45, 7) is 4.43. The van der Waals surface area contributed by atoms with Crippen molar-refractivity contribution in [3.05, 3.63) is 65.7 Å². The molecule has 0 aliphatic heterocycles. The standard InChI is InChI=1S/C19H23NO3/c1-3-22-18-11-9-17(10-12-18)19(21)23-14-13-20(2)15-16-7-5-4-6-8-16/h4-12H,3,13-15H2,1-2H3. The van der Waals surface area contributed by atoms with Crippen molar-refractivity contribution in [1.29, 1.82) is 0 Å². The molecule has 2 aromatic rings. The number of benzene rings is 2. The van der Waals surface area contributed by atoms with Gasteiger partial charge in [0.25, 0.3) is 0 Å². The molecule has 2 aromatic carbocycles. The lowest BCUT2D eigenvalue weighted by Crippen LogP contribution is -2.24. The average molecular weight is 313 g/mol. The minimum Gasteiger partial charge on any atom is -0.494 e. The molecule has 0 aromatic heterocycles. The predicted octanol–water partition coefficient (Wildman–Crippen LogP) is 3.37. The summed E-state index contributed by atoms with van der Waals surface area (Å²) in [5.74, 6) is 0.452. The highest BCUT2D eigenvalue weighted by molar-refractivity contribution is 5.89. The minimum atomic E-state index is -0.304. The zero-order valence-electron chi connectivity index (χ0n) is 13.7. The maximum atomic E-state index is 12.0. The van der Waals surface area contributed by atoms with E-state index < -0.39 is 0 Å². The Morgan fingerprint density at radius 3 is 2.39 bits per heavy atom. The summed E-state index contributed by atoms with van der Waals surface area (Å²) < 4.78 is 10.7. The van der Waals surface area contributed by atoms with Gasteiger partial charge in [-0.15, -0.1) is 0 Å². The van der Waals surface area contributed by atoms with Crippen molar-refractivity contribution in [2.45, 2.75) is 13.5 Å². The lowest BCUT2D eigenvalue weighted by molar-refractivity contribution is 0.0470. The highest BCUT2D eigenvalue weighted by Gasteiger charge is 2.08. The summed E-state index contributed by atoms with van der Waals surface area (Å²) in [7, 11) is 2.01. The number of ether oxygens (including phenoxy) is 2. The molecule has 0 N–H and O–H groups in total. The van der Waals surface area contributed by atoms with Gasteiger partial charge in [0, 0.05) is 13.1 Å². The molecular weight excluding hydrogens is 290 g/mol. The van der Waals surface area contributed by atoms with Gasteiger partial charge in [-0.2, -0.15) is 0 Å². The molecule has 0 fully saturated rings. The van der Waals surface area contributed by atoms with E-state index in [4.69, 9.17) is 9.47 Å². The van der Waals surface area contributed by atoms with Gasteiger partial charge >= 0.3 is 5.97 Å². The maximum Gasteiger partial charge on any atom is 0.338 e. The van der Waals surface area contributed by atoms with E-state index in [1.807, 2.05) is 32.2 Å². The zero-order valence-corrected chi connectivity index (χ0v) is 13.7. The van der Waals surface area contributed by atoms with Gasteiger partial charge in [-0.05, 0) is 43.8 Å². The first-order valence-electron chi connectivity index (χ1n) is 7.81. The lowest BCUT2D eigenvalue weighted by atomic mass is 10.2. The third-order valence-electron chi connectivity index (χ3n) is 3.40. The van der Waals surface area contributed by atoms with E-state index in [-0.39, 0.29) is 5.97 Å². The van der Waals surface area contributed by atoms with Gasteiger partial charge < -0.3 is 9.47 Å². The van der Waals surface area contributed by atoms with E-state index in [0.29, 0.717) is 25.3 Å². The number of carbonyl (C=O) groups excluding carboxylic acids is 1. The maximum absolute atomic E-state index is 12.0. The molecule has 4 nitrogen and oxygen atoms in total. The molecule has 122 valence electrons. The second-order valence-corrected chi connectivity index (χ2v) is 5.32. The third kappa shape index (κ3) is 5.75. The second kappa shape index (κ2) is 8.96. The Morgan fingerprint density at radius 1 is 1.04 bits per heavy atom. The summed E-state index contributed by atoms with van der Waals surface area (Å²) >= 11 is 0. The fourth-order valence-corrected chi connectivity index (χ4v) is 2.21. The van der Waals surface area contributed by atoms with E-state index in [1.165, 1.54) is 5.56 Å². The molecule has 2 rings (SSSR count). The Labute approximate surface area is 137 Å². The van der Waals surface area contributed by atoms with Crippen LogP contribution in [0.25, 0.3) is 0 Å². The molecule has 0 unspecified atom stereocenters. The van der Waals surface area contributed by atoms with Gasteiger partial charge in [-0.3, -0.25) is 4.90 Å². The first kappa shape index (κ1) is 17.0. The highest BCUT2D eigenvalue weighted by Crippen LogP contribution is 2.12. The van der Waals surface area contributed by atoms with Crippen LogP contribution in [-0.2, 0) is 11.3 Å². The molecule has 0 atom stereocenters. The summed E-state index contributed by atoms with van der Waals surface area (Å²) in [4.78, 5) is 14.1. The van der Waals surface area contributed by atoms with Crippen LogP contribution in [0.1, 0.15) is 22.8 Å². The Kier molecular flexibility index (Phi) is 6.63.